The minimum atomic E-state index is -0.715. The molecule has 1 aliphatic heterocycles. The molecule has 5 heteroatoms. The van der Waals surface area contributed by atoms with Gasteiger partial charge >= 0.3 is 5.97 Å². The summed E-state index contributed by atoms with van der Waals surface area (Å²) in [5.74, 6) is 0.356. The van der Waals surface area contributed by atoms with E-state index in [0.29, 0.717) is 31.3 Å². The maximum absolute atomic E-state index is 11.8. The summed E-state index contributed by atoms with van der Waals surface area (Å²) in [6.45, 7) is 6.47. The number of nitrogens with zero attached hydrogens (tertiary/aromatic N) is 1. The smallest absolute Gasteiger partial charge is 0.307 e. The van der Waals surface area contributed by atoms with Crippen LogP contribution in [-0.4, -0.2) is 35.7 Å². The van der Waals surface area contributed by atoms with Crippen LogP contribution in [-0.2, 0) is 11.4 Å². The average Bonchev–Trinajstić information content (AvgIpc) is 2.86. The van der Waals surface area contributed by atoms with E-state index >= 15 is 0 Å². The van der Waals surface area contributed by atoms with Gasteiger partial charge in [-0.15, -0.1) is 0 Å². The van der Waals surface area contributed by atoms with Crippen LogP contribution < -0.4 is 9.47 Å². The molecule has 2 atom stereocenters. The number of aliphatic carboxylic acids is 1. The van der Waals surface area contributed by atoms with Gasteiger partial charge in [0.05, 0.1) is 18.6 Å². The molecule has 0 spiro atoms. The van der Waals surface area contributed by atoms with Crippen LogP contribution in [0.2, 0.25) is 0 Å². The summed E-state index contributed by atoms with van der Waals surface area (Å²) >= 11 is 0. The van der Waals surface area contributed by atoms with Crippen molar-refractivity contribution in [2.45, 2.75) is 39.3 Å². The number of hydrogen-bond acceptors (Lipinski definition) is 4. The molecular weight excluding hydrogens is 426 g/mol. The van der Waals surface area contributed by atoms with E-state index in [1.165, 1.54) is 11.1 Å². The third-order valence-electron chi connectivity index (χ3n) is 6.47. The first-order chi connectivity index (χ1) is 16.6. The summed E-state index contributed by atoms with van der Waals surface area (Å²) in [6, 6.07) is 24.5. The predicted molar refractivity (Wildman–Crippen MR) is 133 cm³/mol. The maximum atomic E-state index is 11.8. The van der Waals surface area contributed by atoms with Crippen molar-refractivity contribution < 1.29 is 19.4 Å². The lowest BCUT2D eigenvalue weighted by Crippen LogP contribution is -2.41. The Morgan fingerprint density at radius 1 is 1.03 bits per heavy atom. The number of benzene rings is 3. The molecular formula is C29H33NO4. The van der Waals surface area contributed by atoms with Gasteiger partial charge in [0.1, 0.15) is 6.61 Å². The fourth-order valence-electron chi connectivity index (χ4n) is 4.74. The van der Waals surface area contributed by atoms with Crippen molar-refractivity contribution in [3.05, 3.63) is 95.1 Å². The third-order valence-corrected chi connectivity index (χ3v) is 6.47. The zero-order chi connectivity index (χ0) is 23.9. The van der Waals surface area contributed by atoms with Crippen molar-refractivity contribution in [1.82, 2.24) is 4.90 Å². The van der Waals surface area contributed by atoms with Crippen LogP contribution in [0.25, 0.3) is 0 Å². The highest BCUT2D eigenvalue weighted by atomic mass is 16.5. The Bertz CT molecular complexity index is 1100. The van der Waals surface area contributed by atoms with Gasteiger partial charge in [0.25, 0.3) is 0 Å². The van der Waals surface area contributed by atoms with Gasteiger partial charge in [0.15, 0.2) is 11.5 Å². The fourth-order valence-corrected chi connectivity index (χ4v) is 4.74. The summed E-state index contributed by atoms with van der Waals surface area (Å²) in [6.07, 6.45) is 1.60. The summed E-state index contributed by atoms with van der Waals surface area (Å²) in [5, 5.41) is 9.67. The summed E-state index contributed by atoms with van der Waals surface area (Å²) in [5.41, 5.74) is 4.55. The zero-order valence-corrected chi connectivity index (χ0v) is 19.9. The van der Waals surface area contributed by atoms with Crippen molar-refractivity contribution in [3.8, 4) is 11.5 Å². The van der Waals surface area contributed by atoms with Gasteiger partial charge < -0.3 is 14.6 Å². The lowest BCUT2D eigenvalue weighted by Gasteiger charge is -2.38. The Kier molecular flexibility index (Phi) is 7.86. The second kappa shape index (κ2) is 11.2. The molecule has 34 heavy (non-hydrogen) atoms. The molecule has 1 heterocycles. The van der Waals surface area contributed by atoms with Crippen LogP contribution in [0.15, 0.2) is 72.8 Å². The van der Waals surface area contributed by atoms with E-state index in [1.54, 1.807) is 0 Å². The molecule has 0 amide bonds. The average molecular weight is 460 g/mol. The normalized spacial score (nSPS) is 17.2. The number of likely N-dealkylation sites (tertiary alicyclic amines) is 1. The summed E-state index contributed by atoms with van der Waals surface area (Å²) in [7, 11) is 0. The number of hydrogen-bond donors (Lipinski definition) is 1. The molecule has 1 fully saturated rings. The molecule has 2 unspecified atom stereocenters. The molecule has 0 bridgehead atoms. The van der Waals surface area contributed by atoms with Gasteiger partial charge in [-0.05, 0) is 67.6 Å². The van der Waals surface area contributed by atoms with Crippen molar-refractivity contribution in [2.24, 2.45) is 5.92 Å². The van der Waals surface area contributed by atoms with Gasteiger partial charge in [-0.1, -0.05) is 60.7 Å². The predicted octanol–water partition coefficient (Wildman–Crippen LogP) is 5.86. The Morgan fingerprint density at radius 2 is 1.79 bits per heavy atom. The highest BCUT2D eigenvalue weighted by molar-refractivity contribution is 5.70. The van der Waals surface area contributed by atoms with Crippen LogP contribution in [0.4, 0.5) is 0 Å². The summed E-state index contributed by atoms with van der Waals surface area (Å²) < 4.78 is 12.1. The molecule has 4 rings (SSSR count). The van der Waals surface area contributed by atoms with Crippen molar-refractivity contribution >= 4 is 5.97 Å². The first-order valence-electron chi connectivity index (χ1n) is 12.0. The van der Waals surface area contributed by atoms with E-state index < -0.39 is 5.97 Å². The molecule has 1 N–H and O–H groups in total. The van der Waals surface area contributed by atoms with E-state index in [-0.39, 0.29) is 12.0 Å². The molecule has 0 radical (unpaired) electrons. The molecule has 178 valence electrons. The maximum Gasteiger partial charge on any atom is 0.307 e. The highest BCUT2D eigenvalue weighted by Crippen LogP contribution is 2.38. The van der Waals surface area contributed by atoms with Crippen LogP contribution >= 0.6 is 0 Å². The van der Waals surface area contributed by atoms with Crippen molar-refractivity contribution in [1.29, 1.82) is 0 Å². The number of ether oxygens (including phenoxy) is 2. The van der Waals surface area contributed by atoms with Gasteiger partial charge in [0, 0.05) is 6.54 Å². The topological polar surface area (TPSA) is 59.0 Å². The molecule has 0 saturated carbocycles. The Balaban J connectivity index is 1.68. The van der Waals surface area contributed by atoms with E-state index in [0.717, 1.165) is 30.5 Å². The largest absolute Gasteiger partial charge is 0.490 e. The van der Waals surface area contributed by atoms with Crippen LogP contribution in [0.1, 0.15) is 48.1 Å². The van der Waals surface area contributed by atoms with Crippen LogP contribution in [0.3, 0.4) is 0 Å². The number of rotatable bonds is 9. The molecule has 0 aromatic heterocycles. The Morgan fingerprint density at radius 3 is 2.53 bits per heavy atom. The first-order valence-corrected chi connectivity index (χ1v) is 12.0. The molecule has 1 saturated heterocycles. The molecule has 1 aliphatic rings. The molecule has 0 aliphatic carbocycles. The van der Waals surface area contributed by atoms with E-state index in [2.05, 4.69) is 42.2 Å². The van der Waals surface area contributed by atoms with E-state index in [4.69, 9.17) is 9.47 Å². The fraction of sp³-hybridized carbons (Fsp3) is 0.345. The molecule has 3 aromatic rings. The summed E-state index contributed by atoms with van der Waals surface area (Å²) in [4.78, 5) is 14.1. The number of aryl methyl sites for hydroxylation is 1. The van der Waals surface area contributed by atoms with Gasteiger partial charge in [-0.2, -0.15) is 0 Å². The lowest BCUT2D eigenvalue weighted by molar-refractivity contribution is -0.143. The van der Waals surface area contributed by atoms with Crippen LogP contribution in [0, 0.1) is 12.8 Å². The van der Waals surface area contributed by atoms with Gasteiger partial charge in [-0.25, -0.2) is 0 Å². The monoisotopic (exact) mass is 459 g/mol. The van der Waals surface area contributed by atoms with Crippen LogP contribution in [0.5, 0.6) is 11.5 Å². The highest BCUT2D eigenvalue weighted by Gasteiger charge is 2.32. The second-order valence-electron chi connectivity index (χ2n) is 8.84. The lowest BCUT2D eigenvalue weighted by atomic mass is 9.89. The van der Waals surface area contributed by atoms with Crippen molar-refractivity contribution in [3.63, 3.8) is 0 Å². The SMILES string of the molecule is CCOc1cc(C(c2ccccc2C)N2CCCC(C(=O)O)C2)ccc1OCc1ccccc1. The molecule has 3 aromatic carbocycles. The van der Waals surface area contributed by atoms with Gasteiger partial charge in [-0.3, -0.25) is 9.69 Å². The first kappa shape index (κ1) is 23.8. The Hall–Kier alpha value is -3.31. The Labute approximate surface area is 201 Å². The number of piperidine rings is 1. The number of carboxylic acid groups (broad SMARTS) is 1. The van der Waals surface area contributed by atoms with Gasteiger partial charge in [0.2, 0.25) is 0 Å². The second-order valence-corrected chi connectivity index (χ2v) is 8.84. The minimum absolute atomic E-state index is 0.0503. The quantitative estimate of drug-likeness (QED) is 0.434. The minimum Gasteiger partial charge on any atom is -0.490 e. The standard InChI is InChI=1S/C29H33NO4/c1-3-33-27-18-23(15-16-26(27)34-20-22-11-5-4-6-12-22)28(25-14-8-7-10-21(25)2)30-17-9-13-24(19-30)29(31)32/h4-8,10-12,14-16,18,24,28H,3,9,13,17,19-20H2,1-2H3,(H,31,32). The van der Waals surface area contributed by atoms with E-state index in [9.17, 15) is 9.90 Å². The third kappa shape index (κ3) is 5.60. The zero-order valence-electron chi connectivity index (χ0n) is 19.9. The molecule has 5 nitrogen and oxygen atoms in total. The van der Waals surface area contributed by atoms with E-state index in [1.807, 2.05) is 49.4 Å². The number of carboxylic acids is 1. The number of carbonyl (C=O) groups is 1. The van der Waals surface area contributed by atoms with Crippen molar-refractivity contribution in [2.75, 3.05) is 19.7 Å².